The van der Waals surface area contributed by atoms with Gasteiger partial charge in [0.2, 0.25) is 6.10 Å². The Labute approximate surface area is 188 Å². The van der Waals surface area contributed by atoms with Crippen molar-refractivity contribution >= 4 is 51.7 Å². The van der Waals surface area contributed by atoms with Crippen molar-refractivity contribution in [2.45, 2.75) is 6.10 Å². The number of carbonyl (C=O) groups excluding carboxylic acids is 2. The van der Waals surface area contributed by atoms with Gasteiger partial charge in [-0.25, -0.2) is 9.78 Å². The van der Waals surface area contributed by atoms with E-state index < -0.39 is 18.0 Å². The second-order valence-electron chi connectivity index (χ2n) is 6.73. The van der Waals surface area contributed by atoms with E-state index in [1.165, 1.54) is 0 Å². The number of hydrogen-bond acceptors (Lipinski definition) is 4. The Morgan fingerprint density at radius 1 is 0.839 bits per heavy atom. The topological polar surface area (TPSA) is 68.3 Å². The highest BCUT2D eigenvalue weighted by Crippen LogP contribution is 2.26. The van der Waals surface area contributed by atoms with Crippen molar-refractivity contribution in [2.24, 2.45) is 0 Å². The number of nitrogens with one attached hydrogen (secondary N) is 1. The number of para-hydroxylation sites is 1. The summed E-state index contributed by atoms with van der Waals surface area (Å²) in [4.78, 5) is 30.2. The molecule has 1 atom stereocenters. The van der Waals surface area contributed by atoms with Crippen molar-refractivity contribution in [3.05, 3.63) is 106 Å². The van der Waals surface area contributed by atoms with Crippen LogP contribution >= 0.6 is 23.2 Å². The number of pyridine rings is 1. The van der Waals surface area contributed by atoms with Crippen molar-refractivity contribution < 1.29 is 14.3 Å². The zero-order valence-corrected chi connectivity index (χ0v) is 17.6. The van der Waals surface area contributed by atoms with Gasteiger partial charge in [-0.2, -0.15) is 0 Å². The van der Waals surface area contributed by atoms with Crippen LogP contribution in [0.2, 0.25) is 10.0 Å². The molecule has 1 unspecified atom stereocenters. The summed E-state index contributed by atoms with van der Waals surface area (Å²) in [5.41, 5.74) is 1.68. The summed E-state index contributed by atoms with van der Waals surface area (Å²) in [5, 5.41) is 4.34. The molecule has 31 heavy (non-hydrogen) atoms. The Balaban J connectivity index is 1.61. The highest BCUT2D eigenvalue weighted by Gasteiger charge is 2.26. The van der Waals surface area contributed by atoms with Crippen LogP contribution in [0.5, 0.6) is 0 Å². The number of esters is 1. The van der Waals surface area contributed by atoms with Gasteiger partial charge in [0.15, 0.2) is 0 Å². The van der Waals surface area contributed by atoms with Crippen LogP contribution in [0.1, 0.15) is 22.2 Å². The number of anilines is 1. The number of benzene rings is 3. The molecule has 3 aromatic carbocycles. The van der Waals surface area contributed by atoms with Gasteiger partial charge in [0, 0.05) is 26.7 Å². The van der Waals surface area contributed by atoms with Gasteiger partial charge in [-0.05, 0) is 30.3 Å². The molecular weight excluding hydrogens is 435 g/mol. The number of carbonyl (C=O) groups is 2. The lowest BCUT2D eigenvalue weighted by Gasteiger charge is -2.18. The maximum absolute atomic E-state index is 13.0. The van der Waals surface area contributed by atoms with E-state index in [0.29, 0.717) is 26.8 Å². The van der Waals surface area contributed by atoms with E-state index in [-0.39, 0.29) is 5.69 Å². The molecule has 4 aromatic rings. The first-order valence-corrected chi connectivity index (χ1v) is 10.1. The molecule has 1 aromatic heterocycles. The Hall–Kier alpha value is -3.41. The van der Waals surface area contributed by atoms with Crippen LogP contribution in [0.4, 0.5) is 5.69 Å². The summed E-state index contributed by atoms with van der Waals surface area (Å²) in [5.74, 6) is -1.25. The van der Waals surface area contributed by atoms with Crippen LogP contribution in [0, 0.1) is 0 Å². The minimum Gasteiger partial charge on any atom is -0.443 e. The van der Waals surface area contributed by atoms with Crippen molar-refractivity contribution in [1.29, 1.82) is 0 Å². The van der Waals surface area contributed by atoms with Gasteiger partial charge in [-0.3, -0.25) is 4.79 Å². The summed E-state index contributed by atoms with van der Waals surface area (Å²) in [6.07, 6.45) is -1.19. The molecule has 0 spiro atoms. The predicted molar refractivity (Wildman–Crippen MR) is 121 cm³/mol. The van der Waals surface area contributed by atoms with Gasteiger partial charge >= 0.3 is 5.97 Å². The average molecular weight is 451 g/mol. The highest BCUT2D eigenvalue weighted by atomic mass is 35.5. The third kappa shape index (κ3) is 5.02. The van der Waals surface area contributed by atoms with Gasteiger partial charge < -0.3 is 10.1 Å². The number of nitrogens with zero attached hydrogens (tertiary/aromatic N) is 1. The van der Waals surface area contributed by atoms with Crippen molar-refractivity contribution in [3.8, 4) is 0 Å². The number of amides is 1. The van der Waals surface area contributed by atoms with Crippen molar-refractivity contribution in [1.82, 2.24) is 4.98 Å². The fraction of sp³-hybridized carbons (Fsp3) is 0.0417. The number of hydrogen-bond donors (Lipinski definition) is 1. The first kappa shape index (κ1) is 20.8. The van der Waals surface area contributed by atoms with E-state index >= 15 is 0 Å². The van der Waals surface area contributed by atoms with E-state index in [1.54, 1.807) is 60.7 Å². The molecule has 154 valence electrons. The first-order chi connectivity index (χ1) is 15.0. The van der Waals surface area contributed by atoms with Crippen LogP contribution < -0.4 is 5.32 Å². The van der Waals surface area contributed by atoms with Crippen LogP contribution in [0.15, 0.2) is 84.9 Å². The Morgan fingerprint density at radius 3 is 2.26 bits per heavy atom. The lowest BCUT2D eigenvalue weighted by molar-refractivity contribution is -0.125. The largest absolute Gasteiger partial charge is 0.443 e. The van der Waals surface area contributed by atoms with E-state index in [0.717, 1.165) is 5.39 Å². The lowest BCUT2D eigenvalue weighted by Crippen LogP contribution is -2.26. The quantitative estimate of drug-likeness (QED) is 0.374. The fourth-order valence-electron chi connectivity index (χ4n) is 3.08. The number of ether oxygens (including phenoxy) is 1. The molecule has 0 aliphatic rings. The molecule has 0 bridgehead atoms. The predicted octanol–water partition coefficient (Wildman–Crippen LogP) is 6.08. The number of halogens is 2. The molecule has 0 saturated heterocycles. The Kier molecular flexibility index (Phi) is 6.16. The third-order valence-corrected chi connectivity index (χ3v) is 4.94. The molecule has 0 saturated carbocycles. The number of aromatic nitrogens is 1. The van der Waals surface area contributed by atoms with E-state index in [2.05, 4.69) is 10.3 Å². The van der Waals surface area contributed by atoms with Crippen LogP contribution in [-0.2, 0) is 9.53 Å². The summed E-state index contributed by atoms with van der Waals surface area (Å²) < 4.78 is 5.59. The fourth-order valence-corrected chi connectivity index (χ4v) is 3.61. The summed E-state index contributed by atoms with van der Waals surface area (Å²) in [6.45, 7) is 0. The van der Waals surface area contributed by atoms with Gasteiger partial charge in [0.05, 0.1) is 5.52 Å². The molecule has 0 radical (unpaired) electrons. The van der Waals surface area contributed by atoms with Crippen LogP contribution in [0.25, 0.3) is 10.9 Å². The SMILES string of the molecule is O=C(OC(C(=O)Nc1cc(Cl)cc(Cl)c1)c1ccccc1)c1ccc2ccccc2n1. The molecule has 0 aliphatic carbocycles. The molecule has 0 aliphatic heterocycles. The molecular formula is C24H16Cl2N2O3. The lowest BCUT2D eigenvalue weighted by atomic mass is 10.1. The second-order valence-corrected chi connectivity index (χ2v) is 7.61. The molecule has 5 nitrogen and oxygen atoms in total. The van der Waals surface area contributed by atoms with Crippen molar-refractivity contribution in [3.63, 3.8) is 0 Å². The number of fused-ring (bicyclic) bond motifs is 1. The zero-order chi connectivity index (χ0) is 21.8. The van der Waals surface area contributed by atoms with Crippen molar-refractivity contribution in [2.75, 3.05) is 5.32 Å². The minimum absolute atomic E-state index is 0.109. The molecule has 1 N–H and O–H groups in total. The van der Waals surface area contributed by atoms with Gasteiger partial charge in [-0.1, -0.05) is 77.8 Å². The zero-order valence-electron chi connectivity index (χ0n) is 16.1. The smallest absolute Gasteiger partial charge is 0.358 e. The minimum atomic E-state index is -1.19. The van der Waals surface area contributed by atoms with E-state index in [1.807, 2.05) is 24.3 Å². The molecule has 7 heteroatoms. The summed E-state index contributed by atoms with van der Waals surface area (Å²) >= 11 is 12.0. The standard InChI is InChI=1S/C24H16Cl2N2O3/c25-17-12-18(26)14-19(13-17)27-23(29)22(16-7-2-1-3-8-16)31-24(30)21-11-10-15-6-4-5-9-20(15)28-21/h1-14,22H,(H,27,29). The third-order valence-electron chi connectivity index (χ3n) is 4.50. The van der Waals surface area contributed by atoms with Crippen LogP contribution in [0.3, 0.4) is 0 Å². The molecule has 1 heterocycles. The van der Waals surface area contributed by atoms with E-state index in [4.69, 9.17) is 27.9 Å². The van der Waals surface area contributed by atoms with Gasteiger partial charge in [0.1, 0.15) is 5.69 Å². The summed E-state index contributed by atoms with van der Waals surface area (Å²) in [7, 11) is 0. The maximum Gasteiger partial charge on any atom is 0.358 e. The second kappa shape index (κ2) is 9.16. The average Bonchev–Trinajstić information content (AvgIpc) is 2.76. The van der Waals surface area contributed by atoms with Gasteiger partial charge in [-0.15, -0.1) is 0 Å². The highest BCUT2D eigenvalue weighted by molar-refractivity contribution is 6.35. The first-order valence-electron chi connectivity index (χ1n) is 9.38. The monoisotopic (exact) mass is 450 g/mol. The molecule has 4 rings (SSSR count). The van der Waals surface area contributed by atoms with Crippen LogP contribution in [-0.4, -0.2) is 16.9 Å². The maximum atomic E-state index is 13.0. The molecule has 1 amide bonds. The van der Waals surface area contributed by atoms with Gasteiger partial charge in [0.25, 0.3) is 5.91 Å². The summed E-state index contributed by atoms with van der Waals surface area (Å²) in [6, 6.07) is 24.2. The van der Waals surface area contributed by atoms with E-state index in [9.17, 15) is 9.59 Å². The Morgan fingerprint density at radius 2 is 1.52 bits per heavy atom. The molecule has 0 fully saturated rings. The normalized spacial score (nSPS) is 11.7. The number of rotatable bonds is 5. The Bertz CT molecular complexity index is 1240.